The van der Waals surface area contributed by atoms with Gasteiger partial charge in [0.2, 0.25) is 0 Å². The maximum atomic E-state index is 6.55. The predicted molar refractivity (Wildman–Crippen MR) is 238 cm³/mol. The average Bonchev–Trinajstić information content (AvgIpc) is 3.95. The summed E-state index contributed by atoms with van der Waals surface area (Å²) in [7, 11) is 0. The van der Waals surface area contributed by atoms with E-state index in [0.717, 1.165) is 67.1 Å². The first-order valence-electron chi connectivity index (χ1n) is 19.2. The number of thiophene rings is 1. The lowest BCUT2D eigenvalue weighted by Gasteiger charge is -2.24. The molecule has 1 N–H and O–H groups in total. The molecule has 0 saturated heterocycles. The smallest absolute Gasteiger partial charge is 0.159 e. The molecule has 11 aromatic rings. The molecular weight excluding hydrogens is 717 g/mol. The van der Waals surface area contributed by atoms with Gasteiger partial charge >= 0.3 is 0 Å². The van der Waals surface area contributed by atoms with E-state index < -0.39 is 0 Å². The van der Waals surface area contributed by atoms with Crippen molar-refractivity contribution in [1.82, 2.24) is 9.88 Å². The highest BCUT2D eigenvalue weighted by atomic mass is 32.1. The molecule has 1 atom stereocenters. The van der Waals surface area contributed by atoms with E-state index >= 15 is 0 Å². The third-order valence-corrected chi connectivity index (χ3v) is 12.4. The molecule has 0 fully saturated rings. The third-order valence-electron chi connectivity index (χ3n) is 11.3. The van der Waals surface area contributed by atoms with Gasteiger partial charge in [0.05, 0.1) is 11.0 Å². The van der Waals surface area contributed by atoms with Crippen LogP contribution in [0, 0.1) is 0 Å². The van der Waals surface area contributed by atoms with Gasteiger partial charge in [-0.25, -0.2) is 9.98 Å². The van der Waals surface area contributed by atoms with E-state index in [0.29, 0.717) is 0 Å². The van der Waals surface area contributed by atoms with Gasteiger partial charge in [0.1, 0.15) is 23.2 Å². The second kappa shape index (κ2) is 12.6. The zero-order valence-corrected chi connectivity index (χ0v) is 31.4. The lowest BCUT2D eigenvalue weighted by atomic mass is 9.99. The van der Waals surface area contributed by atoms with E-state index in [-0.39, 0.29) is 6.17 Å². The summed E-state index contributed by atoms with van der Waals surface area (Å²) >= 11 is 1.81. The minimum absolute atomic E-state index is 0.266. The number of para-hydroxylation sites is 2. The SMILES string of the molecule is c1ccc(C2=NC(c3ccccc3)NC(c3cccc4sc5ccc(-c6ccc7c(c6)oc6ccc(-n8c9ccccc9c9ccccc98)cc67)cc5c34)=N2)cc1. The monoisotopic (exact) mass is 748 g/mol. The van der Waals surface area contributed by atoms with E-state index in [4.69, 9.17) is 14.4 Å². The van der Waals surface area contributed by atoms with E-state index in [1.54, 1.807) is 0 Å². The summed E-state index contributed by atoms with van der Waals surface area (Å²) in [5, 5.41) is 10.8. The van der Waals surface area contributed by atoms with Crippen LogP contribution >= 0.6 is 11.3 Å². The Balaban J connectivity index is 0.963. The van der Waals surface area contributed by atoms with Crippen molar-refractivity contribution >= 4 is 86.9 Å². The van der Waals surface area contributed by atoms with Gasteiger partial charge in [-0.15, -0.1) is 11.3 Å². The standard InChI is InChI=1S/C51H32N4OS/c1-3-12-31(13-4-1)49-52-50(32-14-5-2-6-15-32)54-51(53-49)39-18-11-21-47-48(39)41-28-33(23-27-46(41)57-47)34-22-25-38-40-30-35(24-26-44(40)56-45(38)29-34)55-42-19-9-7-16-36(42)37-17-8-10-20-43(37)55/h1-30,49H,(H,52,53,54). The van der Waals surface area contributed by atoms with Crippen LogP contribution in [0.25, 0.3) is 80.7 Å². The van der Waals surface area contributed by atoms with Crippen molar-refractivity contribution in [2.24, 2.45) is 9.98 Å². The molecule has 0 saturated carbocycles. The third kappa shape index (κ3) is 5.15. The summed E-state index contributed by atoms with van der Waals surface area (Å²) in [6.07, 6.45) is -0.266. The van der Waals surface area contributed by atoms with Gasteiger partial charge in [-0.1, -0.05) is 121 Å². The van der Waals surface area contributed by atoms with Gasteiger partial charge in [-0.05, 0) is 77.4 Å². The number of hydrogen-bond donors (Lipinski definition) is 1. The molecule has 12 rings (SSSR count). The second-order valence-electron chi connectivity index (χ2n) is 14.6. The van der Waals surface area contributed by atoms with Crippen molar-refractivity contribution in [1.29, 1.82) is 0 Å². The number of aliphatic imine (C=N–C) groups is 2. The van der Waals surface area contributed by atoms with Crippen molar-refractivity contribution in [2.75, 3.05) is 0 Å². The molecule has 6 heteroatoms. The fourth-order valence-corrected chi connectivity index (χ4v) is 9.71. The number of furan rings is 1. The Labute approximate surface area is 331 Å². The average molecular weight is 749 g/mol. The fraction of sp³-hybridized carbons (Fsp3) is 0.0196. The number of benzene rings is 8. The minimum atomic E-state index is -0.266. The van der Waals surface area contributed by atoms with Crippen LogP contribution in [0.5, 0.6) is 0 Å². The first kappa shape index (κ1) is 32.0. The van der Waals surface area contributed by atoms with E-state index in [1.807, 2.05) is 35.6 Å². The number of aromatic nitrogens is 1. The van der Waals surface area contributed by atoms with Crippen LogP contribution in [-0.4, -0.2) is 16.2 Å². The highest BCUT2D eigenvalue weighted by Crippen LogP contribution is 2.41. The Morgan fingerprint density at radius 2 is 1.23 bits per heavy atom. The van der Waals surface area contributed by atoms with Crippen LogP contribution in [0.15, 0.2) is 196 Å². The topological polar surface area (TPSA) is 54.8 Å². The molecule has 268 valence electrons. The fourth-order valence-electron chi connectivity index (χ4n) is 8.60. The summed E-state index contributed by atoms with van der Waals surface area (Å²) in [6.45, 7) is 0. The van der Waals surface area contributed by atoms with Crippen molar-refractivity contribution in [3.8, 4) is 16.8 Å². The van der Waals surface area contributed by atoms with Gasteiger partial charge in [0.15, 0.2) is 5.84 Å². The lowest BCUT2D eigenvalue weighted by molar-refractivity contribution is 0.669. The maximum Gasteiger partial charge on any atom is 0.159 e. The largest absolute Gasteiger partial charge is 0.456 e. The molecule has 0 amide bonds. The van der Waals surface area contributed by atoms with E-state index in [1.165, 1.54) is 42.0 Å². The Bertz CT molecular complexity index is 3390. The molecule has 0 aliphatic carbocycles. The number of fused-ring (bicyclic) bond motifs is 9. The van der Waals surface area contributed by atoms with Gasteiger partial charge in [0.25, 0.3) is 0 Å². The van der Waals surface area contributed by atoms with Crippen LogP contribution in [-0.2, 0) is 0 Å². The van der Waals surface area contributed by atoms with Crippen LogP contribution < -0.4 is 5.32 Å². The zero-order chi connectivity index (χ0) is 37.5. The number of nitrogens with one attached hydrogen (secondary N) is 1. The van der Waals surface area contributed by atoms with E-state index in [2.05, 4.69) is 168 Å². The van der Waals surface area contributed by atoms with Crippen molar-refractivity contribution in [3.63, 3.8) is 0 Å². The normalized spacial score (nSPS) is 14.5. The zero-order valence-electron chi connectivity index (χ0n) is 30.6. The van der Waals surface area contributed by atoms with E-state index in [9.17, 15) is 0 Å². The van der Waals surface area contributed by atoms with Crippen LogP contribution in [0.1, 0.15) is 22.9 Å². The van der Waals surface area contributed by atoms with Crippen molar-refractivity contribution in [3.05, 3.63) is 199 Å². The number of hydrogen-bond acceptors (Lipinski definition) is 5. The van der Waals surface area contributed by atoms with Gasteiger partial charge in [0, 0.05) is 58.5 Å². The molecule has 0 bridgehead atoms. The Morgan fingerprint density at radius 1 is 0.509 bits per heavy atom. The molecule has 1 aliphatic heterocycles. The van der Waals surface area contributed by atoms with Gasteiger partial charge < -0.3 is 14.3 Å². The highest BCUT2D eigenvalue weighted by molar-refractivity contribution is 7.25. The quantitative estimate of drug-likeness (QED) is 0.191. The van der Waals surface area contributed by atoms with Crippen molar-refractivity contribution in [2.45, 2.75) is 6.17 Å². The number of nitrogens with zero attached hydrogens (tertiary/aromatic N) is 3. The summed E-state index contributed by atoms with van der Waals surface area (Å²) in [6, 6.07) is 64.4. The molecule has 1 unspecified atom stereocenters. The predicted octanol–water partition coefficient (Wildman–Crippen LogP) is 13.2. The Hall–Kier alpha value is -7.28. The molecule has 0 radical (unpaired) electrons. The first-order chi connectivity index (χ1) is 28.2. The molecule has 5 nitrogen and oxygen atoms in total. The number of rotatable bonds is 5. The molecule has 3 aromatic heterocycles. The Morgan fingerprint density at radius 3 is 2.04 bits per heavy atom. The van der Waals surface area contributed by atoms with Crippen molar-refractivity contribution < 1.29 is 4.42 Å². The highest BCUT2D eigenvalue weighted by Gasteiger charge is 2.24. The summed E-state index contributed by atoms with van der Waals surface area (Å²) in [5.41, 5.74) is 10.6. The molecule has 4 heterocycles. The number of amidine groups is 2. The second-order valence-corrected chi connectivity index (χ2v) is 15.7. The molecule has 57 heavy (non-hydrogen) atoms. The summed E-state index contributed by atoms with van der Waals surface area (Å²) < 4.78 is 11.4. The molecule has 8 aromatic carbocycles. The van der Waals surface area contributed by atoms with Crippen LogP contribution in [0.4, 0.5) is 0 Å². The maximum absolute atomic E-state index is 6.55. The minimum Gasteiger partial charge on any atom is -0.456 e. The van der Waals surface area contributed by atoms with Crippen LogP contribution in [0.2, 0.25) is 0 Å². The summed E-state index contributed by atoms with van der Waals surface area (Å²) in [4.78, 5) is 10.2. The molecule has 1 aliphatic rings. The lowest BCUT2D eigenvalue weighted by Crippen LogP contribution is -2.33. The Kier molecular flexibility index (Phi) is 7.09. The molecule has 0 spiro atoms. The van der Waals surface area contributed by atoms with Crippen LogP contribution in [0.3, 0.4) is 0 Å². The summed E-state index contributed by atoms with van der Waals surface area (Å²) in [5.74, 6) is 1.54. The van der Waals surface area contributed by atoms with Gasteiger partial charge in [-0.2, -0.15) is 0 Å². The molecular formula is C51H32N4OS. The first-order valence-corrected chi connectivity index (χ1v) is 20.0. The van der Waals surface area contributed by atoms with Gasteiger partial charge in [-0.3, -0.25) is 0 Å².